The van der Waals surface area contributed by atoms with E-state index >= 15 is 0 Å². The normalized spacial score (nSPS) is 11.3. The molecule has 0 spiro atoms. The smallest absolute Gasteiger partial charge is 0.0665 e. The van der Waals surface area contributed by atoms with Gasteiger partial charge >= 0.3 is 0 Å². The number of para-hydroxylation sites is 2. The van der Waals surface area contributed by atoms with Gasteiger partial charge in [0.25, 0.3) is 0 Å². The molecule has 0 saturated heterocycles. The van der Waals surface area contributed by atoms with E-state index in [2.05, 4.69) is 93.0 Å². The molecule has 0 unspecified atom stereocenters. The number of rotatable bonds is 38. The number of hydrogen-bond acceptors (Lipinski definition) is 2. The van der Waals surface area contributed by atoms with E-state index < -0.39 is 0 Å². The van der Waals surface area contributed by atoms with E-state index in [1.165, 1.54) is 178 Å². The van der Waals surface area contributed by atoms with Gasteiger partial charge in [-0.25, -0.2) is 0 Å². The number of hydrogen-bond donors (Lipinski definition) is 0. The summed E-state index contributed by atoms with van der Waals surface area (Å²) < 4.78 is 0. The minimum Gasteiger partial charge on any atom is -0.255 e. The first-order valence-electron chi connectivity index (χ1n) is 26.0. The Hall–Kier alpha value is -2.61. The van der Waals surface area contributed by atoms with Gasteiger partial charge in [-0.15, -0.1) is 23.7 Å². The Kier molecular flexibility index (Phi) is 40.7. The van der Waals surface area contributed by atoms with E-state index in [0.29, 0.717) is 0 Å². The molecule has 0 aromatic heterocycles. The Morgan fingerprint density at radius 3 is 1.13 bits per heavy atom. The molecule has 0 aliphatic rings. The van der Waals surface area contributed by atoms with Crippen molar-refractivity contribution in [2.45, 2.75) is 258 Å². The quantitative estimate of drug-likeness (QED) is 0.0278. The van der Waals surface area contributed by atoms with Gasteiger partial charge in [0.05, 0.1) is 17.1 Å². The van der Waals surface area contributed by atoms with E-state index in [1.807, 2.05) is 6.21 Å². The SMILES string of the molecule is CCCCCCCCCCCCCCCC#CCCCc1ccccc1/N=C\C(CCCC)=N\c1ccccc1CCCC#CCCCCCCCCCCCCCCC.[Ni]. The van der Waals surface area contributed by atoms with Crippen molar-refractivity contribution in [3.05, 3.63) is 59.7 Å². The maximum absolute atomic E-state index is 5.20. The van der Waals surface area contributed by atoms with E-state index in [0.717, 1.165) is 87.7 Å². The fourth-order valence-electron chi connectivity index (χ4n) is 8.04. The van der Waals surface area contributed by atoms with Gasteiger partial charge in [-0.05, 0) is 74.6 Å². The summed E-state index contributed by atoms with van der Waals surface area (Å²) in [5.41, 5.74) is 5.83. The van der Waals surface area contributed by atoms with Crippen LogP contribution >= 0.6 is 0 Å². The zero-order chi connectivity index (χ0) is 42.7. The van der Waals surface area contributed by atoms with Crippen LogP contribution in [0.2, 0.25) is 0 Å². The minimum absolute atomic E-state index is 0. The molecule has 2 rings (SSSR count). The van der Waals surface area contributed by atoms with Crippen molar-refractivity contribution in [2.75, 3.05) is 0 Å². The molecule has 0 bridgehead atoms. The van der Waals surface area contributed by atoms with Gasteiger partial charge in [0.1, 0.15) is 0 Å². The Labute approximate surface area is 389 Å². The van der Waals surface area contributed by atoms with Crippen LogP contribution in [0.3, 0.4) is 0 Å². The number of nitrogens with zero attached hydrogens (tertiary/aromatic N) is 2. The molecule has 3 heteroatoms. The predicted molar refractivity (Wildman–Crippen MR) is 270 cm³/mol. The first-order chi connectivity index (χ1) is 29.8. The van der Waals surface area contributed by atoms with Crippen LogP contribution in [-0.4, -0.2) is 11.9 Å². The predicted octanol–water partition coefficient (Wildman–Crippen LogP) is 19.0. The average Bonchev–Trinajstić information content (AvgIpc) is 3.27. The maximum atomic E-state index is 5.20. The second-order valence-corrected chi connectivity index (χ2v) is 17.6. The Bertz CT molecular complexity index is 1470. The molecule has 0 heterocycles. The van der Waals surface area contributed by atoms with Crippen molar-refractivity contribution in [2.24, 2.45) is 9.98 Å². The molecule has 0 saturated carbocycles. The minimum atomic E-state index is 0. The van der Waals surface area contributed by atoms with Crippen LogP contribution in [0, 0.1) is 23.7 Å². The van der Waals surface area contributed by atoms with Crippen LogP contribution in [-0.2, 0) is 29.3 Å². The standard InChI is InChI=1S/C58H92N2.Ni/c1-4-7-10-12-14-16-18-20-22-24-26-28-30-32-34-36-38-40-46-54-48-42-44-51-57(54)59-53-56(50-9-6-3)60-58-52-45-43-49-55(58)47-41-39-37-35-33-31-29-27-25-23-21-19-17-15-13-11-8-5-2;/h42-45,48-49,51-53H,4-33,38-41,46-47,50H2,1-3H3;/b59-53-,60-56+;. The number of unbranched alkanes of at least 4 members (excludes halogenated alkanes) is 29. The van der Waals surface area contributed by atoms with Crippen LogP contribution in [0.25, 0.3) is 0 Å². The molecule has 61 heavy (non-hydrogen) atoms. The molecule has 0 radical (unpaired) electrons. The van der Waals surface area contributed by atoms with Crippen LogP contribution in [0.1, 0.15) is 257 Å². The summed E-state index contributed by atoms with van der Waals surface area (Å²) in [6.07, 6.45) is 49.8. The van der Waals surface area contributed by atoms with Gasteiger partial charge in [-0.1, -0.05) is 218 Å². The van der Waals surface area contributed by atoms with Gasteiger partial charge in [0.2, 0.25) is 0 Å². The van der Waals surface area contributed by atoms with Crippen LogP contribution in [0.5, 0.6) is 0 Å². The maximum Gasteiger partial charge on any atom is 0.0665 e. The van der Waals surface area contributed by atoms with Crippen molar-refractivity contribution in [1.29, 1.82) is 0 Å². The summed E-state index contributed by atoms with van der Waals surface area (Å²) >= 11 is 0. The molecule has 344 valence electrons. The summed E-state index contributed by atoms with van der Waals surface area (Å²) in [7, 11) is 0. The van der Waals surface area contributed by atoms with E-state index in [9.17, 15) is 0 Å². The zero-order valence-electron chi connectivity index (χ0n) is 40.1. The van der Waals surface area contributed by atoms with Crippen LogP contribution < -0.4 is 0 Å². The molecule has 2 nitrogen and oxygen atoms in total. The fraction of sp³-hybridized carbons (Fsp3) is 0.690. The first kappa shape index (κ1) is 56.4. The number of benzene rings is 2. The molecule has 0 amide bonds. The Morgan fingerprint density at radius 2 is 0.721 bits per heavy atom. The summed E-state index contributed by atoms with van der Waals surface area (Å²) in [4.78, 5) is 10.2. The van der Waals surface area contributed by atoms with Crippen LogP contribution in [0.15, 0.2) is 58.5 Å². The summed E-state index contributed by atoms with van der Waals surface area (Å²) in [5.74, 6) is 13.8. The number of aryl methyl sites for hydroxylation is 2. The van der Waals surface area contributed by atoms with Gasteiger partial charge in [0.15, 0.2) is 0 Å². The van der Waals surface area contributed by atoms with Crippen molar-refractivity contribution in [3.63, 3.8) is 0 Å². The van der Waals surface area contributed by atoms with Gasteiger partial charge in [-0.3, -0.25) is 9.98 Å². The third kappa shape index (κ3) is 33.6. The van der Waals surface area contributed by atoms with Gasteiger partial charge in [0, 0.05) is 48.4 Å². The topological polar surface area (TPSA) is 24.7 Å². The van der Waals surface area contributed by atoms with E-state index in [-0.39, 0.29) is 16.5 Å². The molecule has 0 atom stereocenters. The Morgan fingerprint density at radius 1 is 0.393 bits per heavy atom. The molecule has 0 aliphatic heterocycles. The monoisotopic (exact) mass is 875 g/mol. The Balaban J connectivity index is 0.0000186. The third-order valence-corrected chi connectivity index (χ3v) is 11.9. The van der Waals surface area contributed by atoms with Crippen molar-refractivity contribution in [3.8, 4) is 23.7 Å². The second kappa shape index (κ2) is 44.0. The summed E-state index contributed by atoms with van der Waals surface area (Å²) in [6.45, 7) is 6.85. The molecule has 0 N–H and O–H groups in total. The average molecular weight is 876 g/mol. The third-order valence-electron chi connectivity index (χ3n) is 11.9. The molecular weight excluding hydrogens is 783 g/mol. The second-order valence-electron chi connectivity index (χ2n) is 17.6. The first-order valence-corrected chi connectivity index (χ1v) is 26.0. The molecule has 2 aromatic carbocycles. The fourth-order valence-corrected chi connectivity index (χ4v) is 8.04. The van der Waals surface area contributed by atoms with E-state index in [4.69, 9.17) is 9.98 Å². The van der Waals surface area contributed by atoms with Gasteiger partial charge in [-0.2, -0.15) is 0 Å². The number of aliphatic imine (C=N–C) groups is 2. The molecule has 0 fully saturated rings. The molecule has 0 aliphatic carbocycles. The largest absolute Gasteiger partial charge is 0.255 e. The summed E-state index contributed by atoms with van der Waals surface area (Å²) in [6, 6.07) is 17.3. The van der Waals surface area contributed by atoms with Crippen molar-refractivity contribution < 1.29 is 16.5 Å². The van der Waals surface area contributed by atoms with Gasteiger partial charge < -0.3 is 0 Å². The van der Waals surface area contributed by atoms with Crippen LogP contribution in [0.4, 0.5) is 11.4 Å². The van der Waals surface area contributed by atoms with Crippen molar-refractivity contribution >= 4 is 23.3 Å². The molecule has 2 aromatic rings. The van der Waals surface area contributed by atoms with Crippen molar-refractivity contribution in [1.82, 2.24) is 0 Å². The molecular formula is C58H92N2Ni. The summed E-state index contributed by atoms with van der Waals surface area (Å²) in [5, 5.41) is 0. The van der Waals surface area contributed by atoms with E-state index in [1.54, 1.807) is 0 Å². The zero-order valence-corrected chi connectivity index (χ0v) is 41.1.